The topological polar surface area (TPSA) is 54.4 Å². The molecule has 0 aliphatic rings. The zero-order valence-corrected chi connectivity index (χ0v) is 12.2. The average molecular weight is 321 g/mol. The lowest BCUT2D eigenvalue weighted by Crippen LogP contribution is -2.04. The van der Waals surface area contributed by atoms with Gasteiger partial charge < -0.3 is 0 Å². The van der Waals surface area contributed by atoms with E-state index < -0.39 is 10.1 Å². The van der Waals surface area contributed by atoms with Gasteiger partial charge >= 0.3 is 0 Å². The number of halogens is 1. The van der Waals surface area contributed by atoms with Crippen LogP contribution in [0.5, 0.6) is 0 Å². The Bertz CT molecular complexity index is 457. The molecule has 0 spiro atoms. The van der Waals surface area contributed by atoms with Crippen molar-refractivity contribution in [2.75, 3.05) is 0 Å². The Hall–Kier alpha value is -0.390. The van der Waals surface area contributed by atoms with E-state index in [2.05, 4.69) is 22.9 Å². The van der Waals surface area contributed by atoms with Crippen LogP contribution in [0.25, 0.3) is 0 Å². The van der Waals surface area contributed by atoms with Gasteiger partial charge in [0.05, 0.1) is 4.90 Å². The summed E-state index contributed by atoms with van der Waals surface area (Å²) in [6.07, 6.45) is 4.12. The standard InChI is InChI=1S/C12H17BrO3S/c1-2-3-6-11(13)8-10-5-4-7-12(9-10)17(14,15)16/h4-5,7,9,11H,2-3,6,8H2,1H3,(H,14,15,16). The molecule has 17 heavy (non-hydrogen) atoms. The van der Waals surface area contributed by atoms with E-state index in [-0.39, 0.29) is 4.90 Å². The van der Waals surface area contributed by atoms with E-state index in [1.165, 1.54) is 12.1 Å². The van der Waals surface area contributed by atoms with E-state index in [4.69, 9.17) is 4.55 Å². The minimum atomic E-state index is -4.09. The maximum atomic E-state index is 11.0. The van der Waals surface area contributed by atoms with Crippen molar-refractivity contribution >= 4 is 26.0 Å². The van der Waals surface area contributed by atoms with Crippen LogP contribution in [-0.2, 0) is 16.5 Å². The molecule has 0 radical (unpaired) electrons. The van der Waals surface area contributed by atoms with Gasteiger partial charge in [0, 0.05) is 4.83 Å². The Morgan fingerprint density at radius 3 is 2.71 bits per heavy atom. The predicted molar refractivity (Wildman–Crippen MR) is 72.2 cm³/mol. The molecule has 0 saturated heterocycles. The van der Waals surface area contributed by atoms with Gasteiger partial charge in [-0.2, -0.15) is 8.42 Å². The number of hydrogen-bond acceptors (Lipinski definition) is 2. The van der Waals surface area contributed by atoms with E-state index in [9.17, 15) is 8.42 Å². The molecule has 0 aromatic heterocycles. The van der Waals surface area contributed by atoms with Crippen LogP contribution in [0.2, 0.25) is 0 Å². The van der Waals surface area contributed by atoms with Crippen molar-refractivity contribution in [2.45, 2.75) is 42.3 Å². The predicted octanol–water partition coefficient (Wildman–Crippen LogP) is 3.43. The summed E-state index contributed by atoms with van der Waals surface area (Å²) < 4.78 is 30.9. The second-order valence-electron chi connectivity index (χ2n) is 4.07. The third-order valence-corrected chi connectivity index (χ3v) is 4.16. The molecule has 5 heteroatoms. The highest BCUT2D eigenvalue weighted by Gasteiger charge is 2.11. The molecule has 1 aromatic carbocycles. The van der Waals surface area contributed by atoms with Crippen LogP contribution in [0.15, 0.2) is 29.2 Å². The molecule has 0 saturated carbocycles. The quantitative estimate of drug-likeness (QED) is 0.645. The lowest BCUT2D eigenvalue weighted by atomic mass is 10.1. The number of unbranched alkanes of at least 4 members (excludes halogenated alkanes) is 1. The highest BCUT2D eigenvalue weighted by Crippen LogP contribution is 2.18. The SMILES string of the molecule is CCCCC(Br)Cc1cccc(S(=O)(=O)O)c1. The van der Waals surface area contributed by atoms with Crippen molar-refractivity contribution in [3.8, 4) is 0 Å². The van der Waals surface area contributed by atoms with Crippen LogP contribution < -0.4 is 0 Å². The molecule has 0 aliphatic carbocycles. The average Bonchev–Trinajstić information content (AvgIpc) is 2.25. The van der Waals surface area contributed by atoms with Gasteiger partial charge in [0.25, 0.3) is 10.1 Å². The lowest BCUT2D eigenvalue weighted by molar-refractivity contribution is 0.483. The smallest absolute Gasteiger partial charge is 0.282 e. The summed E-state index contributed by atoms with van der Waals surface area (Å²) >= 11 is 3.58. The molecule has 1 atom stereocenters. The Balaban J connectivity index is 2.73. The Morgan fingerprint density at radius 1 is 1.41 bits per heavy atom. The molecule has 1 unspecified atom stereocenters. The van der Waals surface area contributed by atoms with Gasteiger partial charge in [-0.1, -0.05) is 47.8 Å². The minimum Gasteiger partial charge on any atom is -0.282 e. The van der Waals surface area contributed by atoms with E-state index in [0.29, 0.717) is 4.83 Å². The number of rotatable bonds is 6. The second kappa shape index (κ2) is 6.52. The van der Waals surface area contributed by atoms with Gasteiger partial charge in [-0.15, -0.1) is 0 Å². The molecular formula is C12H17BrO3S. The van der Waals surface area contributed by atoms with Crippen molar-refractivity contribution in [2.24, 2.45) is 0 Å². The summed E-state index contributed by atoms with van der Waals surface area (Å²) in [4.78, 5) is 0.310. The van der Waals surface area contributed by atoms with Crippen molar-refractivity contribution < 1.29 is 13.0 Å². The lowest BCUT2D eigenvalue weighted by Gasteiger charge is -2.09. The van der Waals surface area contributed by atoms with Crippen LogP contribution in [0.3, 0.4) is 0 Å². The van der Waals surface area contributed by atoms with Gasteiger partial charge in [0.1, 0.15) is 0 Å². The van der Waals surface area contributed by atoms with Crippen LogP contribution >= 0.6 is 15.9 Å². The Morgan fingerprint density at radius 2 is 2.12 bits per heavy atom. The third-order valence-electron chi connectivity index (χ3n) is 2.52. The van der Waals surface area contributed by atoms with Gasteiger partial charge in [0.15, 0.2) is 0 Å². The first-order valence-electron chi connectivity index (χ1n) is 5.64. The summed E-state index contributed by atoms with van der Waals surface area (Å²) in [5.74, 6) is 0. The molecule has 0 aliphatic heterocycles. The molecule has 96 valence electrons. The normalized spacial score (nSPS) is 13.6. The summed E-state index contributed by atoms with van der Waals surface area (Å²) in [5, 5.41) is 0. The Labute approximate surface area is 111 Å². The number of alkyl halides is 1. The fourth-order valence-electron chi connectivity index (χ4n) is 1.62. The van der Waals surface area contributed by atoms with E-state index in [1.54, 1.807) is 6.07 Å². The van der Waals surface area contributed by atoms with Crippen LogP contribution in [-0.4, -0.2) is 17.8 Å². The fourth-order valence-corrected chi connectivity index (χ4v) is 2.86. The first-order chi connectivity index (χ1) is 7.93. The first-order valence-corrected chi connectivity index (χ1v) is 7.99. The maximum absolute atomic E-state index is 11.0. The minimum absolute atomic E-state index is 0.0369. The molecule has 0 heterocycles. The molecule has 1 aromatic rings. The molecule has 0 fully saturated rings. The highest BCUT2D eigenvalue weighted by molar-refractivity contribution is 9.09. The zero-order valence-electron chi connectivity index (χ0n) is 9.77. The second-order valence-corrected chi connectivity index (χ2v) is 6.78. The molecule has 1 rings (SSSR count). The van der Waals surface area contributed by atoms with Crippen molar-refractivity contribution in [3.05, 3.63) is 29.8 Å². The van der Waals surface area contributed by atoms with E-state index >= 15 is 0 Å². The number of hydrogen-bond donors (Lipinski definition) is 1. The summed E-state index contributed by atoms with van der Waals surface area (Å²) in [6.45, 7) is 2.14. The monoisotopic (exact) mass is 320 g/mol. The Kier molecular flexibility index (Phi) is 5.62. The van der Waals surface area contributed by atoms with Gasteiger partial charge in [-0.3, -0.25) is 4.55 Å². The van der Waals surface area contributed by atoms with Gasteiger partial charge in [0.2, 0.25) is 0 Å². The fraction of sp³-hybridized carbons (Fsp3) is 0.500. The highest BCUT2D eigenvalue weighted by atomic mass is 79.9. The molecule has 0 amide bonds. The molecular weight excluding hydrogens is 304 g/mol. The van der Waals surface area contributed by atoms with Crippen LogP contribution in [0.1, 0.15) is 31.7 Å². The van der Waals surface area contributed by atoms with Gasteiger partial charge in [-0.05, 0) is 30.5 Å². The first kappa shape index (κ1) is 14.7. The molecule has 0 bridgehead atoms. The van der Waals surface area contributed by atoms with Crippen LogP contribution in [0, 0.1) is 0 Å². The molecule has 1 N–H and O–H groups in total. The maximum Gasteiger partial charge on any atom is 0.294 e. The largest absolute Gasteiger partial charge is 0.294 e. The zero-order chi connectivity index (χ0) is 12.9. The summed E-state index contributed by atoms with van der Waals surface area (Å²) in [7, 11) is -4.09. The van der Waals surface area contributed by atoms with Gasteiger partial charge in [-0.25, -0.2) is 0 Å². The third kappa shape index (κ3) is 5.19. The summed E-state index contributed by atoms with van der Waals surface area (Å²) in [5.41, 5.74) is 0.915. The number of benzene rings is 1. The van der Waals surface area contributed by atoms with Crippen molar-refractivity contribution in [1.82, 2.24) is 0 Å². The van der Waals surface area contributed by atoms with Crippen molar-refractivity contribution in [1.29, 1.82) is 0 Å². The van der Waals surface area contributed by atoms with E-state index in [0.717, 1.165) is 31.2 Å². The molecule has 3 nitrogen and oxygen atoms in total. The van der Waals surface area contributed by atoms with Crippen LogP contribution in [0.4, 0.5) is 0 Å². The summed E-state index contributed by atoms with van der Waals surface area (Å²) in [6, 6.07) is 6.44. The van der Waals surface area contributed by atoms with E-state index in [1.807, 2.05) is 6.07 Å². The van der Waals surface area contributed by atoms with Crippen molar-refractivity contribution in [3.63, 3.8) is 0 Å².